The summed E-state index contributed by atoms with van der Waals surface area (Å²) in [6, 6.07) is 13.2. The molecule has 0 aliphatic rings. The van der Waals surface area contributed by atoms with Gasteiger partial charge in [0.1, 0.15) is 5.76 Å². The maximum Gasteiger partial charge on any atom is 0.310 e. The van der Waals surface area contributed by atoms with Gasteiger partial charge in [-0.3, -0.25) is 9.59 Å². The third-order valence-corrected chi connectivity index (χ3v) is 4.60. The van der Waals surface area contributed by atoms with E-state index in [4.69, 9.17) is 9.15 Å². The standard InChI is InChI=1S/C22H23NO4/c1-15-6-8-18(9-7-15)12-22(25)27-14-21(24)20-11-16(2)23(17(20)3)13-19-5-4-10-26-19/h4-11H,12-14H2,1-3H3. The summed E-state index contributed by atoms with van der Waals surface area (Å²) in [7, 11) is 0. The molecule has 0 saturated heterocycles. The number of nitrogens with zero attached hydrogens (tertiary/aromatic N) is 1. The van der Waals surface area contributed by atoms with E-state index >= 15 is 0 Å². The number of hydrogen-bond donors (Lipinski definition) is 0. The van der Waals surface area contributed by atoms with Gasteiger partial charge in [0, 0.05) is 17.0 Å². The molecule has 2 heterocycles. The van der Waals surface area contributed by atoms with Gasteiger partial charge in [-0.15, -0.1) is 0 Å². The van der Waals surface area contributed by atoms with Crippen LogP contribution in [0.5, 0.6) is 0 Å². The predicted octanol–water partition coefficient (Wildman–Crippen LogP) is 4.02. The monoisotopic (exact) mass is 365 g/mol. The van der Waals surface area contributed by atoms with Gasteiger partial charge in [0.05, 0.1) is 19.2 Å². The Morgan fingerprint density at radius 3 is 2.48 bits per heavy atom. The Labute approximate surface area is 158 Å². The SMILES string of the molecule is Cc1ccc(CC(=O)OCC(=O)c2cc(C)n(Cc3ccco3)c2C)cc1. The minimum absolute atomic E-state index is 0.158. The Balaban J connectivity index is 1.60. The van der Waals surface area contributed by atoms with Crippen LogP contribution in [0, 0.1) is 20.8 Å². The van der Waals surface area contributed by atoms with Crippen LogP contribution in [0.1, 0.15) is 38.6 Å². The molecule has 5 nitrogen and oxygen atoms in total. The maximum atomic E-state index is 12.5. The average molecular weight is 365 g/mol. The Hall–Kier alpha value is -3.08. The molecule has 0 spiro atoms. The van der Waals surface area contributed by atoms with E-state index < -0.39 is 5.97 Å². The van der Waals surface area contributed by atoms with Gasteiger partial charge >= 0.3 is 5.97 Å². The van der Waals surface area contributed by atoms with E-state index in [2.05, 4.69) is 0 Å². The van der Waals surface area contributed by atoms with Gasteiger partial charge in [0.2, 0.25) is 5.78 Å². The molecule has 0 fully saturated rings. The number of carbonyl (C=O) groups is 2. The van der Waals surface area contributed by atoms with Crippen LogP contribution >= 0.6 is 0 Å². The number of benzene rings is 1. The van der Waals surface area contributed by atoms with Gasteiger partial charge in [-0.2, -0.15) is 0 Å². The van der Waals surface area contributed by atoms with Crippen molar-refractivity contribution in [3.8, 4) is 0 Å². The molecule has 1 aromatic carbocycles. The molecule has 2 aromatic heterocycles. The second kappa shape index (κ2) is 8.08. The normalized spacial score (nSPS) is 10.8. The van der Waals surface area contributed by atoms with Crippen LogP contribution in [0.25, 0.3) is 0 Å². The van der Waals surface area contributed by atoms with Crippen molar-refractivity contribution in [1.82, 2.24) is 4.57 Å². The van der Waals surface area contributed by atoms with Gasteiger partial charge in [-0.1, -0.05) is 29.8 Å². The van der Waals surface area contributed by atoms with Gasteiger partial charge in [-0.05, 0) is 44.5 Å². The molecule has 0 radical (unpaired) electrons. The zero-order valence-electron chi connectivity index (χ0n) is 15.8. The average Bonchev–Trinajstić information content (AvgIpc) is 3.25. The van der Waals surface area contributed by atoms with Crippen molar-refractivity contribution in [2.75, 3.05) is 6.61 Å². The van der Waals surface area contributed by atoms with Crippen molar-refractivity contribution in [3.63, 3.8) is 0 Å². The summed E-state index contributed by atoms with van der Waals surface area (Å²) in [6.45, 7) is 6.12. The van der Waals surface area contributed by atoms with Crippen LogP contribution in [-0.2, 0) is 22.5 Å². The molecule has 5 heteroatoms. The fourth-order valence-corrected chi connectivity index (χ4v) is 3.03. The molecule has 0 atom stereocenters. The second-order valence-corrected chi connectivity index (χ2v) is 6.70. The van der Waals surface area contributed by atoms with E-state index in [1.165, 1.54) is 0 Å². The van der Waals surface area contributed by atoms with Crippen LogP contribution in [0.3, 0.4) is 0 Å². The van der Waals surface area contributed by atoms with E-state index in [0.29, 0.717) is 12.1 Å². The maximum absolute atomic E-state index is 12.5. The number of esters is 1. The van der Waals surface area contributed by atoms with E-state index in [1.807, 2.05) is 67.8 Å². The Kier molecular flexibility index (Phi) is 5.60. The molecule has 0 unspecified atom stereocenters. The topological polar surface area (TPSA) is 61.4 Å². The first-order valence-electron chi connectivity index (χ1n) is 8.87. The fraction of sp³-hybridized carbons (Fsp3) is 0.273. The van der Waals surface area contributed by atoms with Crippen molar-refractivity contribution in [1.29, 1.82) is 0 Å². The number of ketones is 1. The van der Waals surface area contributed by atoms with Gasteiger partial charge in [0.15, 0.2) is 6.61 Å². The third-order valence-electron chi connectivity index (χ3n) is 4.60. The van der Waals surface area contributed by atoms with Crippen LogP contribution in [0.4, 0.5) is 0 Å². The largest absolute Gasteiger partial charge is 0.467 e. The molecule has 0 N–H and O–H groups in total. The molecular weight excluding hydrogens is 342 g/mol. The number of aromatic nitrogens is 1. The quantitative estimate of drug-likeness (QED) is 0.469. The summed E-state index contributed by atoms with van der Waals surface area (Å²) in [6.07, 6.45) is 1.79. The van der Waals surface area contributed by atoms with E-state index in [0.717, 1.165) is 28.3 Å². The smallest absolute Gasteiger partial charge is 0.310 e. The van der Waals surface area contributed by atoms with E-state index in [9.17, 15) is 9.59 Å². The first-order chi connectivity index (χ1) is 12.9. The van der Waals surface area contributed by atoms with Crippen molar-refractivity contribution < 1.29 is 18.7 Å². The first-order valence-corrected chi connectivity index (χ1v) is 8.87. The van der Waals surface area contributed by atoms with Gasteiger partial charge in [0.25, 0.3) is 0 Å². The van der Waals surface area contributed by atoms with E-state index in [1.54, 1.807) is 6.26 Å². The van der Waals surface area contributed by atoms with E-state index in [-0.39, 0.29) is 18.8 Å². The summed E-state index contributed by atoms with van der Waals surface area (Å²) in [4.78, 5) is 24.5. The van der Waals surface area contributed by atoms with Crippen molar-refractivity contribution in [2.45, 2.75) is 33.7 Å². The Morgan fingerprint density at radius 1 is 1.07 bits per heavy atom. The fourth-order valence-electron chi connectivity index (χ4n) is 3.03. The summed E-state index contributed by atoms with van der Waals surface area (Å²) < 4.78 is 12.6. The molecule has 0 aliphatic carbocycles. The van der Waals surface area contributed by atoms with Crippen molar-refractivity contribution >= 4 is 11.8 Å². The lowest BCUT2D eigenvalue weighted by Crippen LogP contribution is -2.16. The highest BCUT2D eigenvalue weighted by molar-refractivity contribution is 5.99. The number of furan rings is 1. The second-order valence-electron chi connectivity index (χ2n) is 6.70. The minimum atomic E-state index is -0.406. The number of ether oxygens (including phenoxy) is 1. The highest BCUT2D eigenvalue weighted by atomic mass is 16.5. The predicted molar refractivity (Wildman–Crippen MR) is 102 cm³/mol. The lowest BCUT2D eigenvalue weighted by atomic mass is 10.1. The summed E-state index contributed by atoms with van der Waals surface area (Å²) in [5.41, 5.74) is 4.37. The first kappa shape index (κ1) is 18.7. The van der Waals surface area contributed by atoms with Crippen molar-refractivity contribution in [3.05, 3.63) is 82.6 Å². The highest BCUT2D eigenvalue weighted by Crippen LogP contribution is 2.18. The molecule has 3 aromatic rings. The van der Waals surface area contributed by atoms with Gasteiger partial charge < -0.3 is 13.7 Å². The molecule has 0 bridgehead atoms. The zero-order chi connectivity index (χ0) is 19.4. The van der Waals surface area contributed by atoms with Crippen LogP contribution < -0.4 is 0 Å². The highest BCUT2D eigenvalue weighted by Gasteiger charge is 2.18. The molecule has 0 amide bonds. The van der Waals surface area contributed by atoms with Crippen LogP contribution in [0.2, 0.25) is 0 Å². The minimum Gasteiger partial charge on any atom is -0.467 e. The molecular formula is C22H23NO4. The molecule has 3 rings (SSSR count). The third kappa shape index (κ3) is 4.56. The molecule has 0 saturated carbocycles. The molecule has 27 heavy (non-hydrogen) atoms. The Morgan fingerprint density at radius 2 is 1.81 bits per heavy atom. The number of hydrogen-bond acceptors (Lipinski definition) is 4. The summed E-state index contributed by atoms with van der Waals surface area (Å²) in [5, 5.41) is 0. The number of rotatable bonds is 7. The lowest BCUT2D eigenvalue weighted by Gasteiger charge is -2.08. The zero-order valence-corrected chi connectivity index (χ0v) is 15.8. The molecule has 0 aliphatic heterocycles. The number of carbonyl (C=O) groups excluding carboxylic acids is 2. The molecule has 140 valence electrons. The lowest BCUT2D eigenvalue weighted by molar-refractivity contribution is -0.141. The number of aryl methyl sites for hydroxylation is 2. The number of Topliss-reactive ketones (excluding diaryl/α,β-unsaturated/α-hetero) is 1. The van der Waals surface area contributed by atoms with Crippen LogP contribution in [-0.4, -0.2) is 22.9 Å². The van der Waals surface area contributed by atoms with Crippen LogP contribution in [0.15, 0.2) is 53.1 Å². The summed E-state index contributed by atoms with van der Waals surface area (Å²) in [5.74, 6) is 0.211. The summed E-state index contributed by atoms with van der Waals surface area (Å²) >= 11 is 0. The van der Waals surface area contributed by atoms with Crippen molar-refractivity contribution in [2.24, 2.45) is 0 Å². The van der Waals surface area contributed by atoms with Gasteiger partial charge in [-0.25, -0.2) is 0 Å². The Bertz CT molecular complexity index is 934.